The highest BCUT2D eigenvalue weighted by Crippen LogP contribution is 2.35. The topological polar surface area (TPSA) is 21.3 Å². The summed E-state index contributed by atoms with van der Waals surface area (Å²) >= 11 is 0. The van der Waals surface area contributed by atoms with Gasteiger partial charge in [-0.05, 0) is 50.3 Å². The van der Waals surface area contributed by atoms with E-state index in [2.05, 4.69) is 64.2 Å². The summed E-state index contributed by atoms with van der Waals surface area (Å²) in [6.45, 7) is 11.8. The van der Waals surface area contributed by atoms with Gasteiger partial charge in [-0.15, -0.1) is 0 Å². The standard InChI is InChI=1S/C19H33NO/c1-7-19(8-2,21-9-3)18(20-6)17-12-10-11-16(14-17)13-15(4)5/h10-12,14-15,18,20H,7-9,13H2,1-6H3. The van der Waals surface area contributed by atoms with E-state index in [0.717, 1.165) is 25.9 Å². The zero-order valence-corrected chi connectivity index (χ0v) is 14.7. The van der Waals surface area contributed by atoms with Gasteiger partial charge in [0.05, 0.1) is 11.6 Å². The zero-order chi connectivity index (χ0) is 15.9. The summed E-state index contributed by atoms with van der Waals surface area (Å²) in [4.78, 5) is 0. The van der Waals surface area contributed by atoms with Crippen molar-refractivity contribution in [1.82, 2.24) is 5.32 Å². The minimum Gasteiger partial charge on any atom is -0.373 e. The predicted molar refractivity (Wildman–Crippen MR) is 91.7 cm³/mol. The molecule has 0 heterocycles. The van der Waals surface area contributed by atoms with Crippen molar-refractivity contribution in [3.63, 3.8) is 0 Å². The Morgan fingerprint density at radius 3 is 2.29 bits per heavy atom. The van der Waals surface area contributed by atoms with Crippen LogP contribution in [0.2, 0.25) is 0 Å². The molecule has 0 fully saturated rings. The summed E-state index contributed by atoms with van der Waals surface area (Å²) in [6.07, 6.45) is 3.15. The highest BCUT2D eigenvalue weighted by Gasteiger charge is 2.36. The van der Waals surface area contributed by atoms with Gasteiger partial charge < -0.3 is 10.1 Å². The Morgan fingerprint density at radius 2 is 1.81 bits per heavy atom. The largest absolute Gasteiger partial charge is 0.373 e. The van der Waals surface area contributed by atoms with Crippen molar-refractivity contribution in [2.45, 2.75) is 65.5 Å². The second kappa shape index (κ2) is 8.55. The van der Waals surface area contributed by atoms with Gasteiger partial charge in [0.1, 0.15) is 0 Å². The second-order valence-corrected chi connectivity index (χ2v) is 6.27. The number of ether oxygens (including phenoxy) is 1. The van der Waals surface area contributed by atoms with Crippen LogP contribution in [0.15, 0.2) is 24.3 Å². The first kappa shape index (κ1) is 18.2. The van der Waals surface area contributed by atoms with Gasteiger partial charge in [0, 0.05) is 6.61 Å². The summed E-state index contributed by atoms with van der Waals surface area (Å²) in [5.41, 5.74) is 2.63. The molecule has 1 rings (SSSR count). The van der Waals surface area contributed by atoms with Gasteiger partial charge in [-0.2, -0.15) is 0 Å². The summed E-state index contributed by atoms with van der Waals surface area (Å²) in [5.74, 6) is 0.683. The molecular formula is C19H33NO. The van der Waals surface area contributed by atoms with Crippen LogP contribution in [0, 0.1) is 5.92 Å². The quantitative estimate of drug-likeness (QED) is 0.709. The van der Waals surface area contributed by atoms with E-state index in [1.807, 2.05) is 7.05 Å². The molecule has 0 aliphatic rings. The van der Waals surface area contributed by atoms with Crippen LogP contribution in [0.25, 0.3) is 0 Å². The van der Waals surface area contributed by atoms with Gasteiger partial charge in [0.25, 0.3) is 0 Å². The van der Waals surface area contributed by atoms with Gasteiger partial charge in [0.15, 0.2) is 0 Å². The Labute approximate surface area is 131 Å². The molecule has 0 aliphatic heterocycles. The van der Waals surface area contributed by atoms with Crippen LogP contribution in [-0.4, -0.2) is 19.3 Å². The lowest BCUT2D eigenvalue weighted by atomic mass is 9.83. The maximum Gasteiger partial charge on any atom is 0.0870 e. The number of nitrogens with one attached hydrogen (secondary N) is 1. The smallest absolute Gasteiger partial charge is 0.0870 e. The predicted octanol–water partition coefficient (Wildman–Crippen LogP) is 4.74. The third kappa shape index (κ3) is 4.55. The Balaban J connectivity index is 3.12. The fourth-order valence-electron chi connectivity index (χ4n) is 3.34. The SMILES string of the molecule is CCOC(CC)(CC)C(NC)c1cccc(CC(C)C)c1. The first-order chi connectivity index (χ1) is 10.0. The molecule has 2 heteroatoms. The molecule has 21 heavy (non-hydrogen) atoms. The second-order valence-electron chi connectivity index (χ2n) is 6.27. The molecule has 0 saturated carbocycles. The molecular weight excluding hydrogens is 258 g/mol. The molecule has 0 bridgehead atoms. The lowest BCUT2D eigenvalue weighted by Gasteiger charge is -2.39. The van der Waals surface area contributed by atoms with Crippen LogP contribution in [0.4, 0.5) is 0 Å². The molecule has 1 aromatic carbocycles. The third-order valence-corrected chi connectivity index (χ3v) is 4.37. The molecule has 1 aromatic rings. The molecule has 0 saturated heterocycles. The molecule has 0 amide bonds. The van der Waals surface area contributed by atoms with Crippen molar-refractivity contribution in [2.24, 2.45) is 5.92 Å². The summed E-state index contributed by atoms with van der Waals surface area (Å²) < 4.78 is 6.19. The van der Waals surface area contributed by atoms with Crippen molar-refractivity contribution in [3.8, 4) is 0 Å². The third-order valence-electron chi connectivity index (χ3n) is 4.37. The van der Waals surface area contributed by atoms with Crippen molar-refractivity contribution >= 4 is 0 Å². The Kier molecular flexibility index (Phi) is 7.41. The Morgan fingerprint density at radius 1 is 1.14 bits per heavy atom. The van der Waals surface area contributed by atoms with Crippen LogP contribution < -0.4 is 5.32 Å². The molecule has 1 N–H and O–H groups in total. The molecule has 1 atom stereocenters. The highest BCUT2D eigenvalue weighted by molar-refractivity contribution is 5.28. The minimum atomic E-state index is -0.125. The molecule has 0 aromatic heterocycles. The average molecular weight is 291 g/mol. The van der Waals surface area contributed by atoms with E-state index >= 15 is 0 Å². The van der Waals surface area contributed by atoms with E-state index in [1.165, 1.54) is 11.1 Å². The van der Waals surface area contributed by atoms with Gasteiger partial charge >= 0.3 is 0 Å². The first-order valence-electron chi connectivity index (χ1n) is 8.43. The van der Waals surface area contributed by atoms with Gasteiger partial charge in [-0.1, -0.05) is 52.0 Å². The van der Waals surface area contributed by atoms with E-state index in [9.17, 15) is 0 Å². The van der Waals surface area contributed by atoms with E-state index < -0.39 is 0 Å². The molecule has 0 spiro atoms. The number of hydrogen-bond donors (Lipinski definition) is 1. The molecule has 1 unspecified atom stereocenters. The maximum absolute atomic E-state index is 6.19. The van der Waals surface area contributed by atoms with Crippen molar-refractivity contribution in [2.75, 3.05) is 13.7 Å². The molecule has 0 aliphatic carbocycles. The fraction of sp³-hybridized carbons (Fsp3) is 0.684. The monoisotopic (exact) mass is 291 g/mol. The van der Waals surface area contributed by atoms with Crippen molar-refractivity contribution < 1.29 is 4.74 Å². The van der Waals surface area contributed by atoms with Crippen LogP contribution in [0.3, 0.4) is 0 Å². The fourth-order valence-corrected chi connectivity index (χ4v) is 3.34. The summed E-state index contributed by atoms with van der Waals surface area (Å²) in [5, 5.41) is 3.50. The highest BCUT2D eigenvalue weighted by atomic mass is 16.5. The van der Waals surface area contributed by atoms with Crippen LogP contribution in [0.5, 0.6) is 0 Å². The Hall–Kier alpha value is -0.860. The normalized spacial score (nSPS) is 13.7. The average Bonchev–Trinajstić information content (AvgIpc) is 2.46. The minimum absolute atomic E-state index is 0.125. The van der Waals surface area contributed by atoms with Gasteiger partial charge in [-0.25, -0.2) is 0 Å². The zero-order valence-electron chi connectivity index (χ0n) is 14.7. The van der Waals surface area contributed by atoms with E-state index in [0.29, 0.717) is 5.92 Å². The lowest BCUT2D eigenvalue weighted by molar-refractivity contribution is -0.0717. The number of hydrogen-bond acceptors (Lipinski definition) is 2. The number of benzene rings is 1. The first-order valence-corrected chi connectivity index (χ1v) is 8.43. The van der Waals surface area contributed by atoms with Gasteiger partial charge in [-0.3, -0.25) is 0 Å². The summed E-state index contributed by atoms with van der Waals surface area (Å²) in [6, 6.07) is 9.22. The van der Waals surface area contributed by atoms with Crippen molar-refractivity contribution in [1.29, 1.82) is 0 Å². The van der Waals surface area contributed by atoms with E-state index in [1.54, 1.807) is 0 Å². The van der Waals surface area contributed by atoms with Gasteiger partial charge in [0.2, 0.25) is 0 Å². The molecule has 2 nitrogen and oxygen atoms in total. The van der Waals surface area contributed by atoms with E-state index in [4.69, 9.17) is 4.74 Å². The molecule has 120 valence electrons. The van der Waals surface area contributed by atoms with E-state index in [-0.39, 0.29) is 11.6 Å². The molecule has 0 radical (unpaired) electrons. The van der Waals surface area contributed by atoms with Crippen LogP contribution in [-0.2, 0) is 11.2 Å². The van der Waals surface area contributed by atoms with Crippen molar-refractivity contribution in [3.05, 3.63) is 35.4 Å². The van der Waals surface area contributed by atoms with Crippen LogP contribution in [0.1, 0.15) is 64.6 Å². The number of rotatable bonds is 9. The lowest BCUT2D eigenvalue weighted by Crippen LogP contribution is -2.44. The summed E-state index contributed by atoms with van der Waals surface area (Å²) in [7, 11) is 2.04. The Bertz CT molecular complexity index is 410. The van der Waals surface area contributed by atoms with Crippen LogP contribution >= 0.6 is 0 Å². The number of likely N-dealkylation sites (N-methyl/N-ethyl adjacent to an activating group) is 1. The maximum atomic E-state index is 6.19.